The molecule has 0 aliphatic rings. The van der Waals surface area contributed by atoms with Crippen LogP contribution in [0.5, 0.6) is 5.75 Å². The van der Waals surface area contributed by atoms with Crippen LogP contribution in [0.3, 0.4) is 0 Å². The SMILES string of the molecule is CCc1ccc(NCc2cccc(O)c2)cc1C. The van der Waals surface area contributed by atoms with Gasteiger partial charge < -0.3 is 10.4 Å². The topological polar surface area (TPSA) is 32.3 Å². The summed E-state index contributed by atoms with van der Waals surface area (Å²) in [6.45, 7) is 5.03. The van der Waals surface area contributed by atoms with Crippen molar-refractivity contribution in [2.45, 2.75) is 26.8 Å². The van der Waals surface area contributed by atoms with Gasteiger partial charge in [-0.2, -0.15) is 0 Å². The second-order valence-corrected chi connectivity index (χ2v) is 4.52. The fourth-order valence-corrected chi connectivity index (χ4v) is 2.07. The van der Waals surface area contributed by atoms with Gasteiger partial charge in [-0.15, -0.1) is 0 Å². The molecule has 0 amide bonds. The number of phenolic OH excluding ortho intramolecular Hbond substituents is 1. The largest absolute Gasteiger partial charge is 0.508 e. The number of benzene rings is 2. The van der Waals surface area contributed by atoms with Crippen LogP contribution in [0.1, 0.15) is 23.6 Å². The molecule has 0 aliphatic heterocycles. The van der Waals surface area contributed by atoms with E-state index in [9.17, 15) is 5.11 Å². The normalized spacial score (nSPS) is 10.3. The van der Waals surface area contributed by atoms with Crippen molar-refractivity contribution in [3.05, 3.63) is 59.2 Å². The van der Waals surface area contributed by atoms with E-state index in [1.807, 2.05) is 12.1 Å². The zero-order chi connectivity index (χ0) is 13.0. The van der Waals surface area contributed by atoms with Gasteiger partial charge in [0, 0.05) is 12.2 Å². The Morgan fingerprint density at radius 3 is 2.61 bits per heavy atom. The minimum atomic E-state index is 0.312. The van der Waals surface area contributed by atoms with Gasteiger partial charge in [0.15, 0.2) is 0 Å². The van der Waals surface area contributed by atoms with E-state index in [0.29, 0.717) is 5.75 Å². The monoisotopic (exact) mass is 241 g/mol. The Balaban J connectivity index is 2.04. The summed E-state index contributed by atoms with van der Waals surface area (Å²) in [6.07, 6.45) is 1.07. The third-order valence-corrected chi connectivity index (χ3v) is 3.13. The Hall–Kier alpha value is -1.96. The first-order valence-electron chi connectivity index (χ1n) is 6.30. The first kappa shape index (κ1) is 12.5. The molecule has 0 aliphatic carbocycles. The number of hydrogen-bond acceptors (Lipinski definition) is 2. The molecule has 94 valence electrons. The molecule has 0 bridgehead atoms. The van der Waals surface area contributed by atoms with Crippen molar-refractivity contribution >= 4 is 5.69 Å². The minimum absolute atomic E-state index is 0.312. The highest BCUT2D eigenvalue weighted by Crippen LogP contribution is 2.17. The summed E-state index contributed by atoms with van der Waals surface area (Å²) < 4.78 is 0. The predicted molar refractivity (Wildman–Crippen MR) is 76.0 cm³/mol. The van der Waals surface area contributed by atoms with E-state index in [-0.39, 0.29) is 0 Å². The lowest BCUT2D eigenvalue weighted by Gasteiger charge is -2.10. The molecule has 2 rings (SSSR count). The third-order valence-electron chi connectivity index (χ3n) is 3.13. The highest BCUT2D eigenvalue weighted by atomic mass is 16.3. The van der Waals surface area contributed by atoms with Crippen LogP contribution in [0.15, 0.2) is 42.5 Å². The lowest BCUT2D eigenvalue weighted by molar-refractivity contribution is 0.474. The van der Waals surface area contributed by atoms with Gasteiger partial charge in [0.05, 0.1) is 0 Å². The van der Waals surface area contributed by atoms with Crippen molar-refractivity contribution in [2.24, 2.45) is 0 Å². The lowest BCUT2D eigenvalue weighted by atomic mass is 10.1. The van der Waals surface area contributed by atoms with Gasteiger partial charge in [0.25, 0.3) is 0 Å². The predicted octanol–water partition coefficient (Wildman–Crippen LogP) is 3.88. The summed E-state index contributed by atoms with van der Waals surface area (Å²) in [7, 11) is 0. The number of aromatic hydroxyl groups is 1. The zero-order valence-electron chi connectivity index (χ0n) is 10.9. The summed E-state index contributed by atoms with van der Waals surface area (Å²) in [5, 5.41) is 12.8. The molecule has 2 nitrogen and oxygen atoms in total. The Morgan fingerprint density at radius 2 is 1.94 bits per heavy atom. The standard InChI is InChI=1S/C16H19NO/c1-3-14-7-8-15(9-12(14)2)17-11-13-5-4-6-16(18)10-13/h4-10,17-18H,3,11H2,1-2H3. The van der Waals surface area contributed by atoms with Gasteiger partial charge in [-0.25, -0.2) is 0 Å². The molecule has 0 spiro atoms. The summed E-state index contributed by atoms with van der Waals surface area (Å²) in [5.74, 6) is 0.312. The highest BCUT2D eigenvalue weighted by molar-refractivity contribution is 5.49. The maximum Gasteiger partial charge on any atom is 0.115 e. The lowest BCUT2D eigenvalue weighted by Crippen LogP contribution is -2.00. The van der Waals surface area contributed by atoms with Gasteiger partial charge >= 0.3 is 0 Å². The summed E-state index contributed by atoms with van der Waals surface area (Å²) in [6, 6.07) is 13.8. The maximum atomic E-state index is 9.39. The van der Waals surface area contributed by atoms with Gasteiger partial charge in [0.2, 0.25) is 0 Å². The Morgan fingerprint density at radius 1 is 1.11 bits per heavy atom. The second kappa shape index (κ2) is 5.58. The van der Waals surface area contributed by atoms with Crippen molar-refractivity contribution in [1.82, 2.24) is 0 Å². The maximum absolute atomic E-state index is 9.39. The van der Waals surface area contributed by atoms with Crippen LogP contribution < -0.4 is 5.32 Å². The molecule has 0 radical (unpaired) electrons. The van der Waals surface area contributed by atoms with Crippen molar-refractivity contribution < 1.29 is 5.11 Å². The smallest absolute Gasteiger partial charge is 0.115 e. The third kappa shape index (κ3) is 3.04. The quantitative estimate of drug-likeness (QED) is 0.851. The molecule has 0 unspecified atom stereocenters. The molecule has 0 fully saturated rings. The summed E-state index contributed by atoms with van der Waals surface area (Å²) in [4.78, 5) is 0. The van der Waals surface area contributed by atoms with Gasteiger partial charge in [0.1, 0.15) is 5.75 Å². The molecule has 0 heterocycles. The average molecular weight is 241 g/mol. The first-order chi connectivity index (χ1) is 8.69. The molecule has 0 atom stereocenters. The first-order valence-corrected chi connectivity index (χ1v) is 6.30. The van der Waals surface area contributed by atoms with Crippen LogP contribution in [-0.2, 0) is 13.0 Å². The van der Waals surface area contributed by atoms with E-state index in [1.54, 1.807) is 12.1 Å². The fourth-order valence-electron chi connectivity index (χ4n) is 2.07. The van der Waals surface area contributed by atoms with Crippen molar-refractivity contribution in [3.63, 3.8) is 0 Å². The molecule has 0 saturated carbocycles. The Bertz CT molecular complexity index is 534. The molecule has 18 heavy (non-hydrogen) atoms. The number of nitrogens with one attached hydrogen (secondary N) is 1. The molecule has 0 saturated heterocycles. The molecular formula is C16H19NO. The van der Waals surface area contributed by atoms with Gasteiger partial charge in [-0.3, -0.25) is 0 Å². The van der Waals surface area contributed by atoms with Crippen molar-refractivity contribution in [1.29, 1.82) is 0 Å². The number of hydrogen-bond donors (Lipinski definition) is 2. The number of phenols is 1. The van der Waals surface area contributed by atoms with E-state index in [4.69, 9.17) is 0 Å². The van der Waals surface area contributed by atoms with E-state index in [2.05, 4.69) is 37.4 Å². The van der Waals surface area contributed by atoms with Crippen LogP contribution in [0.25, 0.3) is 0 Å². The molecule has 2 aromatic rings. The van der Waals surface area contributed by atoms with Crippen molar-refractivity contribution in [2.75, 3.05) is 5.32 Å². The fraction of sp³-hybridized carbons (Fsp3) is 0.250. The van der Waals surface area contributed by atoms with Gasteiger partial charge in [-0.05, 0) is 54.3 Å². The van der Waals surface area contributed by atoms with Gasteiger partial charge in [-0.1, -0.05) is 25.1 Å². The van der Waals surface area contributed by atoms with Crippen LogP contribution >= 0.6 is 0 Å². The average Bonchev–Trinajstić information content (AvgIpc) is 2.37. The van der Waals surface area contributed by atoms with Crippen LogP contribution in [-0.4, -0.2) is 5.11 Å². The van der Waals surface area contributed by atoms with Crippen molar-refractivity contribution in [3.8, 4) is 5.75 Å². The van der Waals surface area contributed by atoms with E-state index >= 15 is 0 Å². The highest BCUT2D eigenvalue weighted by Gasteiger charge is 1.99. The van der Waals surface area contributed by atoms with Crippen LogP contribution in [0.2, 0.25) is 0 Å². The molecular weight excluding hydrogens is 222 g/mol. The minimum Gasteiger partial charge on any atom is -0.508 e. The zero-order valence-corrected chi connectivity index (χ0v) is 10.9. The summed E-state index contributed by atoms with van der Waals surface area (Å²) >= 11 is 0. The molecule has 2 heteroatoms. The van der Waals surface area contributed by atoms with Crippen LogP contribution in [0.4, 0.5) is 5.69 Å². The van der Waals surface area contributed by atoms with E-state index < -0.39 is 0 Å². The Kier molecular flexibility index (Phi) is 3.88. The number of anilines is 1. The molecule has 0 aromatic heterocycles. The second-order valence-electron chi connectivity index (χ2n) is 4.52. The number of aryl methyl sites for hydroxylation is 2. The molecule has 2 aromatic carbocycles. The Labute approximate surface area is 108 Å². The summed E-state index contributed by atoms with van der Waals surface area (Å²) in [5.41, 5.74) is 4.90. The van der Waals surface area contributed by atoms with E-state index in [1.165, 1.54) is 11.1 Å². The van der Waals surface area contributed by atoms with E-state index in [0.717, 1.165) is 24.2 Å². The number of rotatable bonds is 4. The van der Waals surface area contributed by atoms with Crippen LogP contribution in [0, 0.1) is 6.92 Å². The molecule has 2 N–H and O–H groups in total.